The van der Waals surface area contributed by atoms with Crippen LogP contribution in [-0.4, -0.2) is 19.9 Å². The van der Waals surface area contributed by atoms with Crippen molar-refractivity contribution in [2.24, 2.45) is 0 Å². The predicted octanol–water partition coefficient (Wildman–Crippen LogP) is -0.463. The molecule has 0 aliphatic heterocycles. The molecule has 2 rings (SSSR count). The van der Waals surface area contributed by atoms with Gasteiger partial charge in [0.15, 0.2) is 11.5 Å². The monoisotopic (exact) mass is 165 g/mol. The summed E-state index contributed by atoms with van der Waals surface area (Å²) in [5.74, 6) is 0.825. The lowest BCUT2D eigenvalue weighted by Gasteiger charge is -1.94. The molecule has 12 heavy (non-hydrogen) atoms. The zero-order chi connectivity index (χ0) is 8.72. The van der Waals surface area contributed by atoms with Gasteiger partial charge in [-0.05, 0) is 6.92 Å². The average Bonchev–Trinajstić information content (AvgIpc) is 2.29. The van der Waals surface area contributed by atoms with Gasteiger partial charge < -0.3 is 10.7 Å². The maximum atomic E-state index is 10.8. The number of aromatic nitrogens is 4. The van der Waals surface area contributed by atoms with E-state index in [0.29, 0.717) is 17.0 Å². The van der Waals surface area contributed by atoms with E-state index in [9.17, 15) is 4.79 Å². The molecule has 2 heterocycles. The van der Waals surface area contributed by atoms with Crippen molar-refractivity contribution < 1.29 is 0 Å². The zero-order valence-electron chi connectivity index (χ0n) is 6.38. The van der Waals surface area contributed by atoms with E-state index in [1.807, 2.05) is 0 Å². The van der Waals surface area contributed by atoms with Crippen LogP contribution in [0.3, 0.4) is 0 Å². The minimum Gasteiger partial charge on any atom is -0.382 e. The van der Waals surface area contributed by atoms with Gasteiger partial charge in [-0.3, -0.25) is 4.98 Å². The van der Waals surface area contributed by atoms with Crippen LogP contribution >= 0.6 is 0 Å². The third-order valence-electron chi connectivity index (χ3n) is 1.52. The molecule has 6 heteroatoms. The van der Waals surface area contributed by atoms with Crippen LogP contribution in [0.5, 0.6) is 0 Å². The van der Waals surface area contributed by atoms with E-state index in [1.165, 1.54) is 0 Å². The summed E-state index contributed by atoms with van der Waals surface area (Å²) in [6.07, 6.45) is 0. The van der Waals surface area contributed by atoms with Crippen molar-refractivity contribution in [1.29, 1.82) is 0 Å². The highest BCUT2D eigenvalue weighted by molar-refractivity contribution is 5.80. The lowest BCUT2D eigenvalue weighted by molar-refractivity contribution is 1.08. The Labute approximate surface area is 66.8 Å². The van der Waals surface area contributed by atoms with Gasteiger partial charge in [-0.2, -0.15) is 0 Å². The maximum Gasteiger partial charge on any atom is 0.325 e. The molecule has 62 valence electrons. The van der Waals surface area contributed by atoms with Crippen LogP contribution in [0, 0.1) is 6.92 Å². The normalized spacial score (nSPS) is 10.8. The highest BCUT2D eigenvalue weighted by Gasteiger charge is 2.04. The third kappa shape index (κ3) is 0.849. The summed E-state index contributed by atoms with van der Waals surface area (Å²) in [4.78, 5) is 23.7. The van der Waals surface area contributed by atoms with Crippen molar-refractivity contribution in [1.82, 2.24) is 19.9 Å². The minimum absolute atomic E-state index is 0.288. The number of nitrogen functional groups attached to an aromatic ring is 1. The summed E-state index contributed by atoms with van der Waals surface area (Å²) in [6, 6.07) is 0. The number of fused-ring (bicyclic) bond motifs is 1. The fraction of sp³-hybridized carbons (Fsp3) is 0.167. The van der Waals surface area contributed by atoms with Gasteiger partial charge in [0.25, 0.3) is 0 Å². The van der Waals surface area contributed by atoms with Crippen molar-refractivity contribution in [3.05, 3.63) is 16.3 Å². The van der Waals surface area contributed by atoms with Gasteiger partial charge in [0.05, 0.1) is 0 Å². The Morgan fingerprint density at radius 3 is 2.83 bits per heavy atom. The molecular formula is C6H7N5O. The number of rotatable bonds is 0. The van der Waals surface area contributed by atoms with Crippen LogP contribution in [0.4, 0.5) is 5.82 Å². The van der Waals surface area contributed by atoms with Gasteiger partial charge in [0, 0.05) is 0 Å². The number of aryl methyl sites for hydroxylation is 1. The summed E-state index contributed by atoms with van der Waals surface area (Å²) in [6.45, 7) is 1.71. The molecule has 0 amide bonds. The summed E-state index contributed by atoms with van der Waals surface area (Å²) in [5.41, 5.74) is 6.12. The number of hydrogen-bond acceptors (Lipinski definition) is 4. The van der Waals surface area contributed by atoms with E-state index >= 15 is 0 Å². The minimum atomic E-state index is -0.323. The molecule has 0 saturated carbocycles. The molecule has 2 aromatic heterocycles. The van der Waals surface area contributed by atoms with Crippen LogP contribution in [0.25, 0.3) is 11.2 Å². The molecular weight excluding hydrogens is 158 g/mol. The van der Waals surface area contributed by atoms with Gasteiger partial charge in [0.2, 0.25) is 0 Å². The molecule has 6 nitrogen and oxygen atoms in total. The number of hydrogen-bond donors (Lipinski definition) is 3. The largest absolute Gasteiger partial charge is 0.382 e. The van der Waals surface area contributed by atoms with Crippen molar-refractivity contribution in [3.63, 3.8) is 0 Å². The first-order valence-corrected chi connectivity index (χ1v) is 3.39. The van der Waals surface area contributed by atoms with Crippen LogP contribution in [0.1, 0.15) is 5.82 Å². The van der Waals surface area contributed by atoms with Gasteiger partial charge in [-0.15, -0.1) is 0 Å². The molecule has 0 bridgehead atoms. The maximum absolute atomic E-state index is 10.8. The Kier molecular flexibility index (Phi) is 1.18. The fourth-order valence-corrected chi connectivity index (χ4v) is 1.06. The number of imidazole rings is 1. The first-order chi connectivity index (χ1) is 5.66. The van der Waals surface area contributed by atoms with Crippen molar-refractivity contribution in [2.75, 3.05) is 5.73 Å². The highest BCUT2D eigenvalue weighted by Crippen LogP contribution is 2.09. The van der Waals surface area contributed by atoms with E-state index in [0.717, 1.165) is 0 Å². The number of anilines is 1. The van der Waals surface area contributed by atoms with Crippen molar-refractivity contribution in [2.45, 2.75) is 6.92 Å². The zero-order valence-corrected chi connectivity index (χ0v) is 6.38. The van der Waals surface area contributed by atoms with E-state index in [2.05, 4.69) is 19.9 Å². The lowest BCUT2D eigenvalue weighted by atomic mass is 10.5. The SMILES string of the molecule is Cc1nc(N)c2[nH]c(=O)[nH]c2n1. The van der Waals surface area contributed by atoms with E-state index in [-0.39, 0.29) is 11.5 Å². The average molecular weight is 165 g/mol. The van der Waals surface area contributed by atoms with Crippen LogP contribution in [-0.2, 0) is 0 Å². The number of nitrogens with two attached hydrogens (primary N) is 1. The second kappa shape index (κ2) is 2.07. The predicted molar refractivity (Wildman–Crippen MR) is 43.7 cm³/mol. The van der Waals surface area contributed by atoms with Gasteiger partial charge >= 0.3 is 5.69 Å². The molecule has 0 atom stereocenters. The molecule has 0 radical (unpaired) electrons. The molecule has 4 N–H and O–H groups in total. The number of nitrogens with zero attached hydrogens (tertiary/aromatic N) is 2. The first-order valence-electron chi connectivity index (χ1n) is 3.39. The summed E-state index contributed by atoms with van der Waals surface area (Å²) >= 11 is 0. The molecule has 0 spiro atoms. The second-order valence-electron chi connectivity index (χ2n) is 2.46. The standard InChI is InChI=1S/C6H7N5O/c1-2-8-4(7)3-5(9-2)11-6(12)10-3/h1H3,(H4,7,8,9,10,11,12). The lowest BCUT2D eigenvalue weighted by Crippen LogP contribution is -1.99. The quantitative estimate of drug-likeness (QED) is 0.491. The topological polar surface area (TPSA) is 100 Å². The molecule has 2 aromatic rings. The highest BCUT2D eigenvalue weighted by atomic mass is 16.1. The Bertz CT molecular complexity index is 482. The Balaban J connectivity index is 2.97. The van der Waals surface area contributed by atoms with Crippen molar-refractivity contribution in [3.8, 4) is 0 Å². The van der Waals surface area contributed by atoms with Gasteiger partial charge in [-0.1, -0.05) is 0 Å². The number of aromatic amines is 2. The third-order valence-corrected chi connectivity index (χ3v) is 1.52. The Morgan fingerprint density at radius 1 is 1.33 bits per heavy atom. The Morgan fingerprint density at radius 2 is 2.08 bits per heavy atom. The van der Waals surface area contributed by atoms with Crippen LogP contribution < -0.4 is 11.4 Å². The molecule has 0 aliphatic carbocycles. The number of nitrogens with one attached hydrogen (secondary N) is 2. The van der Waals surface area contributed by atoms with Gasteiger partial charge in [0.1, 0.15) is 11.3 Å². The summed E-state index contributed by atoms with van der Waals surface area (Å²) in [5, 5.41) is 0. The smallest absolute Gasteiger partial charge is 0.325 e. The van der Waals surface area contributed by atoms with Crippen molar-refractivity contribution >= 4 is 17.0 Å². The number of H-pyrrole nitrogens is 2. The summed E-state index contributed by atoms with van der Waals surface area (Å²) in [7, 11) is 0. The first kappa shape index (κ1) is 6.84. The molecule has 0 fully saturated rings. The second-order valence-corrected chi connectivity index (χ2v) is 2.46. The van der Waals surface area contributed by atoms with E-state index in [4.69, 9.17) is 5.73 Å². The molecule has 0 unspecified atom stereocenters. The molecule has 0 aromatic carbocycles. The summed E-state index contributed by atoms with van der Waals surface area (Å²) < 4.78 is 0. The van der Waals surface area contributed by atoms with E-state index in [1.54, 1.807) is 6.92 Å². The van der Waals surface area contributed by atoms with Gasteiger partial charge in [-0.25, -0.2) is 14.8 Å². The van der Waals surface area contributed by atoms with Crippen LogP contribution in [0.2, 0.25) is 0 Å². The fourth-order valence-electron chi connectivity index (χ4n) is 1.06. The molecule has 0 saturated heterocycles. The van der Waals surface area contributed by atoms with Crippen LogP contribution in [0.15, 0.2) is 4.79 Å². The van der Waals surface area contributed by atoms with E-state index < -0.39 is 0 Å². The Hall–Kier alpha value is -1.85. The molecule has 0 aliphatic rings.